The fourth-order valence-electron chi connectivity index (χ4n) is 2.09. The van der Waals surface area contributed by atoms with Crippen molar-refractivity contribution < 1.29 is 0 Å². The van der Waals surface area contributed by atoms with Gasteiger partial charge >= 0.3 is 0 Å². The molecular formula is C15H23Cl2N. The second kappa shape index (κ2) is 8.04. The Labute approximate surface area is 121 Å². The summed E-state index contributed by atoms with van der Waals surface area (Å²) in [5, 5.41) is 4.84. The Hall–Kier alpha value is -0.240. The lowest BCUT2D eigenvalue weighted by Crippen LogP contribution is -2.28. The second-order valence-corrected chi connectivity index (χ2v) is 5.77. The lowest BCUT2D eigenvalue weighted by molar-refractivity contribution is 0.440. The van der Waals surface area contributed by atoms with Gasteiger partial charge in [0, 0.05) is 12.1 Å². The van der Waals surface area contributed by atoms with Gasteiger partial charge in [0.15, 0.2) is 0 Å². The number of halogens is 2. The highest BCUT2D eigenvalue weighted by molar-refractivity contribution is 6.42. The van der Waals surface area contributed by atoms with Crippen molar-refractivity contribution in [2.24, 2.45) is 0 Å². The van der Waals surface area contributed by atoms with Crippen molar-refractivity contribution in [1.29, 1.82) is 0 Å². The fourth-order valence-corrected chi connectivity index (χ4v) is 2.40. The lowest BCUT2D eigenvalue weighted by Gasteiger charge is -2.20. The van der Waals surface area contributed by atoms with Gasteiger partial charge in [-0.2, -0.15) is 0 Å². The Morgan fingerprint density at radius 2 is 1.83 bits per heavy atom. The van der Waals surface area contributed by atoms with Crippen LogP contribution in [0.5, 0.6) is 0 Å². The van der Waals surface area contributed by atoms with Crippen molar-refractivity contribution in [3.8, 4) is 0 Å². The Morgan fingerprint density at radius 3 is 2.44 bits per heavy atom. The van der Waals surface area contributed by atoms with Crippen LogP contribution < -0.4 is 5.32 Å². The van der Waals surface area contributed by atoms with Gasteiger partial charge in [-0.15, -0.1) is 0 Å². The molecule has 0 aliphatic heterocycles. The van der Waals surface area contributed by atoms with Crippen molar-refractivity contribution in [3.63, 3.8) is 0 Å². The van der Waals surface area contributed by atoms with E-state index < -0.39 is 0 Å². The molecule has 1 aromatic carbocycles. The summed E-state index contributed by atoms with van der Waals surface area (Å²) in [6.07, 6.45) is 5.10. The van der Waals surface area contributed by atoms with Crippen LogP contribution in [0.3, 0.4) is 0 Å². The first-order chi connectivity index (χ1) is 8.54. The molecule has 102 valence electrons. The van der Waals surface area contributed by atoms with Crippen LogP contribution >= 0.6 is 23.2 Å². The average molecular weight is 288 g/mol. The molecule has 3 heteroatoms. The fraction of sp³-hybridized carbons (Fsp3) is 0.600. The summed E-state index contributed by atoms with van der Waals surface area (Å²) < 4.78 is 0. The van der Waals surface area contributed by atoms with Crippen LogP contribution in [0.1, 0.15) is 58.1 Å². The highest BCUT2D eigenvalue weighted by Gasteiger charge is 2.10. The molecule has 18 heavy (non-hydrogen) atoms. The largest absolute Gasteiger partial charge is 0.308 e. The zero-order chi connectivity index (χ0) is 13.5. The maximum absolute atomic E-state index is 6.04. The average Bonchev–Trinajstić information content (AvgIpc) is 2.33. The number of benzene rings is 1. The van der Waals surface area contributed by atoms with Crippen molar-refractivity contribution in [3.05, 3.63) is 33.8 Å². The first kappa shape index (κ1) is 15.8. The van der Waals surface area contributed by atoms with Crippen LogP contribution in [0, 0.1) is 0 Å². The van der Waals surface area contributed by atoms with E-state index in [1.165, 1.54) is 31.2 Å². The Bertz CT molecular complexity index is 366. The SMILES string of the molecule is CCCCCC(C)NC(C)c1ccc(Cl)c(Cl)c1. The highest BCUT2D eigenvalue weighted by atomic mass is 35.5. The molecule has 2 unspecified atom stereocenters. The van der Waals surface area contributed by atoms with E-state index in [0.29, 0.717) is 22.1 Å². The molecule has 0 aromatic heterocycles. The molecule has 0 heterocycles. The molecule has 0 radical (unpaired) electrons. The Kier molecular flexibility index (Phi) is 7.06. The Morgan fingerprint density at radius 1 is 1.11 bits per heavy atom. The van der Waals surface area contributed by atoms with Crippen LogP contribution in [0.4, 0.5) is 0 Å². The summed E-state index contributed by atoms with van der Waals surface area (Å²) in [6.45, 7) is 6.63. The quantitative estimate of drug-likeness (QED) is 0.643. The van der Waals surface area contributed by atoms with E-state index in [0.717, 1.165) is 0 Å². The van der Waals surface area contributed by atoms with E-state index in [4.69, 9.17) is 23.2 Å². The first-order valence-electron chi connectivity index (χ1n) is 6.75. The van der Waals surface area contributed by atoms with Gasteiger partial charge in [0.25, 0.3) is 0 Å². The van der Waals surface area contributed by atoms with Crippen LogP contribution in [-0.4, -0.2) is 6.04 Å². The first-order valence-corrected chi connectivity index (χ1v) is 7.51. The van der Waals surface area contributed by atoms with Crippen LogP contribution in [0.2, 0.25) is 10.0 Å². The van der Waals surface area contributed by atoms with Gasteiger partial charge in [0.2, 0.25) is 0 Å². The molecule has 1 rings (SSSR count). The molecule has 0 bridgehead atoms. The molecule has 0 aliphatic rings. The van der Waals surface area contributed by atoms with Crippen LogP contribution in [-0.2, 0) is 0 Å². The van der Waals surface area contributed by atoms with Crippen molar-refractivity contribution >= 4 is 23.2 Å². The zero-order valence-corrected chi connectivity index (χ0v) is 13.0. The van der Waals surface area contributed by atoms with E-state index in [2.05, 4.69) is 26.1 Å². The molecular weight excluding hydrogens is 265 g/mol. The summed E-state index contributed by atoms with van der Waals surface area (Å²) in [7, 11) is 0. The van der Waals surface area contributed by atoms with Gasteiger partial charge < -0.3 is 5.32 Å². The summed E-state index contributed by atoms with van der Waals surface area (Å²) >= 11 is 12.0. The summed E-state index contributed by atoms with van der Waals surface area (Å²) in [5.41, 5.74) is 1.19. The molecule has 0 aliphatic carbocycles. The number of unbranched alkanes of at least 4 members (excludes halogenated alkanes) is 2. The van der Waals surface area contributed by atoms with Crippen LogP contribution in [0.25, 0.3) is 0 Å². The van der Waals surface area contributed by atoms with Gasteiger partial charge in [0.05, 0.1) is 10.0 Å². The van der Waals surface area contributed by atoms with E-state index in [1.54, 1.807) is 0 Å². The predicted molar refractivity (Wildman–Crippen MR) is 81.6 cm³/mol. The van der Waals surface area contributed by atoms with Gasteiger partial charge in [-0.25, -0.2) is 0 Å². The van der Waals surface area contributed by atoms with E-state index >= 15 is 0 Å². The predicted octanol–water partition coefficient (Wildman–Crippen LogP) is 5.61. The normalized spacial score (nSPS) is 14.5. The molecule has 0 saturated carbocycles. The molecule has 2 atom stereocenters. The molecule has 0 fully saturated rings. The maximum atomic E-state index is 6.04. The standard InChI is InChI=1S/C15H23Cl2N/c1-4-5-6-7-11(2)18-12(3)13-8-9-14(16)15(17)10-13/h8-12,18H,4-7H2,1-3H3. The van der Waals surface area contributed by atoms with Gasteiger partial charge in [-0.1, -0.05) is 55.5 Å². The topological polar surface area (TPSA) is 12.0 Å². The number of hydrogen-bond donors (Lipinski definition) is 1. The lowest BCUT2D eigenvalue weighted by atomic mass is 10.1. The Balaban J connectivity index is 2.48. The summed E-state index contributed by atoms with van der Waals surface area (Å²) in [4.78, 5) is 0. The highest BCUT2D eigenvalue weighted by Crippen LogP contribution is 2.25. The molecule has 1 aromatic rings. The summed E-state index contributed by atoms with van der Waals surface area (Å²) in [5.74, 6) is 0. The molecule has 0 amide bonds. The monoisotopic (exact) mass is 287 g/mol. The number of rotatable bonds is 7. The number of hydrogen-bond acceptors (Lipinski definition) is 1. The summed E-state index contributed by atoms with van der Waals surface area (Å²) in [6, 6.07) is 6.67. The minimum absolute atomic E-state index is 0.302. The number of nitrogens with one attached hydrogen (secondary N) is 1. The van der Waals surface area contributed by atoms with Crippen molar-refractivity contribution in [1.82, 2.24) is 5.32 Å². The van der Waals surface area contributed by atoms with E-state index in [9.17, 15) is 0 Å². The minimum atomic E-state index is 0.302. The minimum Gasteiger partial charge on any atom is -0.308 e. The smallest absolute Gasteiger partial charge is 0.0595 e. The third-order valence-corrected chi connectivity index (χ3v) is 3.96. The molecule has 1 N–H and O–H groups in total. The van der Waals surface area contributed by atoms with Crippen LogP contribution in [0.15, 0.2) is 18.2 Å². The van der Waals surface area contributed by atoms with Crippen molar-refractivity contribution in [2.75, 3.05) is 0 Å². The second-order valence-electron chi connectivity index (χ2n) is 4.96. The molecule has 1 nitrogen and oxygen atoms in total. The third-order valence-electron chi connectivity index (χ3n) is 3.22. The zero-order valence-electron chi connectivity index (χ0n) is 11.5. The third kappa shape index (κ3) is 5.17. The van der Waals surface area contributed by atoms with Gasteiger partial charge in [-0.3, -0.25) is 0 Å². The van der Waals surface area contributed by atoms with E-state index in [1.807, 2.05) is 18.2 Å². The van der Waals surface area contributed by atoms with Gasteiger partial charge in [-0.05, 0) is 38.0 Å². The molecule has 0 saturated heterocycles. The maximum Gasteiger partial charge on any atom is 0.0595 e. The van der Waals surface area contributed by atoms with E-state index in [-0.39, 0.29) is 0 Å². The molecule has 0 spiro atoms. The van der Waals surface area contributed by atoms with Gasteiger partial charge in [0.1, 0.15) is 0 Å². The van der Waals surface area contributed by atoms with Crippen molar-refractivity contribution in [2.45, 2.75) is 58.5 Å².